The first-order chi connectivity index (χ1) is 9.81. The van der Waals surface area contributed by atoms with Gasteiger partial charge in [-0.25, -0.2) is 15.8 Å². The van der Waals surface area contributed by atoms with Crippen LogP contribution >= 0.6 is 11.8 Å². The highest BCUT2D eigenvalue weighted by Gasteiger charge is 2.25. The maximum Gasteiger partial charge on any atom is 0.180 e. The van der Waals surface area contributed by atoms with E-state index in [4.69, 9.17) is 5.84 Å². The number of nitrogen functional groups attached to an aromatic ring is 1. The SMILES string of the molecule is CSC1CCCCC1Nc1nc(NN)cn2ccnc12. The molecule has 0 bridgehead atoms. The van der Waals surface area contributed by atoms with Crippen molar-refractivity contribution in [2.75, 3.05) is 17.0 Å². The van der Waals surface area contributed by atoms with E-state index >= 15 is 0 Å². The number of nitrogens with one attached hydrogen (secondary N) is 2. The Hall–Kier alpha value is -1.47. The van der Waals surface area contributed by atoms with Gasteiger partial charge in [0.25, 0.3) is 0 Å². The topological polar surface area (TPSA) is 80.3 Å². The Morgan fingerprint density at radius 3 is 3.05 bits per heavy atom. The number of aromatic nitrogens is 3. The predicted octanol–water partition coefficient (Wildman–Crippen LogP) is 2.10. The van der Waals surface area contributed by atoms with Gasteiger partial charge in [0.1, 0.15) is 0 Å². The summed E-state index contributed by atoms with van der Waals surface area (Å²) in [5.74, 6) is 6.92. The summed E-state index contributed by atoms with van der Waals surface area (Å²) < 4.78 is 1.93. The third kappa shape index (κ3) is 2.55. The fourth-order valence-corrected chi connectivity index (χ4v) is 3.75. The second-order valence-electron chi connectivity index (χ2n) is 5.09. The van der Waals surface area contributed by atoms with Crippen molar-refractivity contribution in [2.24, 2.45) is 5.84 Å². The molecule has 6 nitrogen and oxygen atoms in total. The standard InChI is InChI=1S/C13H20N6S/c1-20-10-5-3-2-4-9(10)16-12-13-15-6-7-19(13)8-11(17-12)18-14/h6-10,18H,2-5,14H2,1H3,(H,16,17). The Morgan fingerprint density at radius 2 is 2.25 bits per heavy atom. The smallest absolute Gasteiger partial charge is 0.180 e. The van der Waals surface area contributed by atoms with Gasteiger partial charge in [0.05, 0.1) is 6.20 Å². The molecule has 0 aliphatic heterocycles. The molecule has 20 heavy (non-hydrogen) atoms. The summed E-state index contributed by atoms with van der Waals surface area (Å²) >= 11 is 1.93. The average Bonchev–Trinajstić information content (AvgIpc) is 2.96. The molecule has 1 saturated carbocycles. The van der Waals surface area contributed by atoms with Gasteiger partial charge in [-0.1, -0.05) is 12.8 Å². The van der Waals surface area contributed by atoms with Crippen LogP contribution in [-0.4, -0.2) is 31.9 Å². The van der Waals surface area contributed by atoms with Gasteiger partial charge in [-0.05, 0) is 19.1 Å². The summed E-state index contributed by atoms with van der Waals surface area (Å²) in [5.41, 5.74) is 3.45. The molecular weight excluding hydrogens is 272 g/mol. The minimum Gasteiger partial charge on any atom is -0.363 e. The van der Waals surface area contributed by atoms with Crippen LogP contribution in [0, 0.1) is 0 Å². The molecule has 1 aliphatic carbocycles. The van der Waals surface area contributed by atoms with E-state index in [0.29, 0.717) is 17.1 Å². The highest BCUT2D eigenvalue weighted by molar-refractivity contribution is 7.99. The molecule has 0 saturated heterocycles. The summed E-state index contributed by atoms with van der Waals surface area (Å²) in [5, 5.41) is 4.21. The van der Waals surface area contributed by atoms with Crippen molar-refractivity contribution in [1.82, 2.24) is 14.4 Å². The van der Waals surface area contributed by atoms with Gasteiger partial charge in [-0.15, -0.1) is 0 Å². The average molecular weight is 292 g/mol. The zero-order valence-corrected chi connectivity index (χ0v) is 12.4. The van der Waals surface area contributed by atoms with E-state index in [1.165, 1.54) is 25.7 Å². The number of hydrogen-bond acceptors (Lipinski definition) is 6. The number of rotatable bonds is 4. The van der Waals surface area contributed by atoms with Gasteiger partial charge in [0.15, 0.2) is 17.3 Å². The second-order valence-corrected chi connectivity index (χ2v) is 6.16. The van der Waals surface area contributed by atoms with Crippen molar-refractivity contribution in [1.29, 1.82) is 0 Å². The molecule has 2 aromatic heterocycles. The third-order valence-corrected chi connectivity index (χ3v) is 5.02. The Morgan fingerprint density at radius 1 is 1.40 bits per heavy atom. The monoisotopic (exact) mass is 292 g/mol. The Balaban J connectivity index is 1.90. The van der Waals surface area contributed by atoms with E-state index in [1.807, 2.05) is 28.6 Å². The highest BCUT2D eigenvalue weighted by Crippen LogP contribution is 2.30. The predicted molar refractivity (Wildman–Crippen MR) is 84.0 cm³/mol. The first kappa shape index (κ1) is 13.5. The van der Waals surface area contributed by atoms with Crippen LogP contribution in [0.4, 0.5) is 11.6 Å². The Labute approximate surface area is 122 Å². The molecule has 3 rings (SSSR count). The van der Waals surface area contributed by atoms with Crippen molar-refractivity contribution < 1.29 is 0 Å². The second kappa shape index (κ2) is 5.88. The van der Waals surface area contributed by atoms with Crippen LogP contribution in [-0.2, 0) is 0 Å². The summed E-state index contributed by atoms with van der Waals surface area (Å²) in [7, 11) is 0. The van der Waals surface area contributed by atoms with E-state index < -0.39 is 0 Å². The molecule has 2 atom stereocenters. The molecule has 1 aliphatic rings. The van der Waals surface area contributed by atoms with E-state index in [-0.39, 0.29) is 0 Å². The van der Waals surface area contributed by atoms with Crippen LogP contribution in [0.2, 0.25) is 0 Å². The van der Waals surface area contributed by atoms with Crippen LogP contribution in [0.25, 0.3) is 5.65 Å². The molecule has 0 amide bonds. The lowest BCUT2D eigenvalue weighted by molar-refractivity contribution is 0.474. The molecule has 0 aromatic carbocycles. The normalized spacial score (nSPS) is 22.9. The van der Waals surface area contributed by atoms with Gasteiger partial charge in [0.2, 0.25) is 0 Å². The maximum absolute atomic E-state index is 5.49. The molecule has 0 spiro atoms. The number of fused-ring (bicyclic) bond motifs is 1. The molecule has 2 aromatic rings. The number of thioether (sulfide) groups is 1. The first-order valence-corrected chi connectivity index (χ1v) is 8.20. The number of anilines is 2. The lowest BCUT2D eigenvalue weighted by Crippen LogP contribution is -2.34. The number of nitrogens with two attached hydrogens (primary N) is 1. The molecule has 1 fully saturated rings. The zero-order valence-electron chi connectivity index (χ0n) is 11.5. The van der Waals surface area contributed by atoms with Crippen molar-refractivity contribution in [2.45, 2.75) is 37.0 Å². The molecule has 2 unspecified atom stereocenters. The van der Waals surface area contributed by atoms with Crippen molar-refractivity contribution in [3.63, 3.8) is 0 Å². The van der Waals surface area contributed by atoms with Crippen molar-refractivity contribution in [3.05, 3.63) is 18.6 Å². The zero-order chi connectivity index (χ0) is 13.9. The van der Waals surface area contributed by atoms with Gasteiger partial charge in [0, 0.05) is 23.7 Å². The maximum atomic E-state index is 5.49. The van der Waals surface area contributed by atoms with Gasteiger partial charge < -0.3 is 15.1 Å². The van der Waals surface area contributed by atoms with Crippen LogP contribution in [0.15, 0.2) is 18.6 Å². The van der Waals surface area contributed by atoms with Crippen LogP contribution < -0.4 is 16.6 Å². The van der Waals surface area contributed by atoms with Gasteiger partial charge in [-0.2, -0.15) is 11.8 Å². The lowest BCUT2D eigenvalue weighted by atomic mass is 9.95. The Bertz CT molecular complexity index is 583. The van der Waals surface area contributed by atoms with Crippen molar-refractivity contribution in [3.8, 4) is 0 Å². The Kier molecular flexibility index (Phi) is 3.98. The van der Waals surface area contributed by atoms with Crippen LogP contribution in [0.3, 0.4) is 0 Å². The summed E-state index contributed by atoms with van der Waals surface area (Å²) in [6.07, 6.45) is 12.7. The van der Waals surface area contributed by atoms with Crippen LogP contribution in [0.5, 0.6) is 0 Å². The van der Waals surface area contributed by atoms with Crippen molar-refractivity contribution >= 4 is 29.0 Å². The summed E-state index contributed by atoms with van der Waals surface area (Å²) in [6.45, 7) is 0. The number of nitrogens with zero attached hydrogens (tertiary/aromatic N) is 3. The number of hydrazine groups is 1. The molecular formula is C13H20N6S. The number of imidazole rings is 1. The summed E-state index contributed by atoms with van der Waals surface area (Å²) in [4.78, 5) is 8.89. The first-order valence-electron chi connectivity index (χ1n) is 6.91. The largest absolute Gasteiger partial charge is 0.363 e. The van der Waals surface area contributed by atoms with E-state index in [1.54, 1.807) is 6.20 Å². The van der Waals surface area contributed by atoms with E-state index in [2.05, 4.69) is 27.0 Å². The molecule has 0 radical (unpaired) electrons. The fourth-order valence-electron chi connectivity index (χ4n) is 2.82. The molecule has 108 valence electrons. The number of hydrogen-bond donors (Lipinski definition) is 3. The van der Waals surface area contributed by atoms with E-state index in [0.717, 1.165) is 11.5 Å². The quantitative estimate of drug-likeness (QED) is 0.591. The minimum atomic E-state index is 0.444. The highest BCUT2D eigenvalue weighted by atomic mass is 32.2. The molecule has 2 heterocycles. The third-order valence-electron chi connectivity index (χ3n) is 3.85. The summed E-state index contributed by atoms with van der Waals surface area (Å²) in [6, 6.07) is 0.444. The van der Waals surface area contributed by atoms with Gasteiger partial charge >= 0.3 is 0 Å². The molecule has 7 heteroatoms. The van der Waals surface area contributed by atoms with Crippen LogP contribution in [0.1, 0.15) is 25.7 Å². The fraction of sp³-hybridized carbons (Fsp3) is 0.538. The molecule has 4 N–H and O–H groups in total. The van der Waals surface area contributed by atoms with Gasteiger partial charge in [-0.3, -0.25) is 0 Å². The lowest BCUT2D eigenvalue weighted by Gasteiger charge is -2.31. The minimum absolute atomic E-state index is 0.444. The van der Waals surface area contributed by atoms with E-state index in [9.17, 15) is 0 Å².